The Bertz CT molecular complexity index is 1290. The van der Waals surface area contributed by atoms with Gasteiger partial charge in [0, 0.05) is 56.4 Å². The Morgan fingerprint density at radius 3 is 2.39 bits per heavy atom. The van der Waals surface area contributed by atoms with E-state index in [1.165, 1.54) is 22.5 Å². The summed E-state index contributed by atoms with van der Waals surface area (Å²) in [5.41, 5.74) is 6.10. The number of benzene rings is 1. The van der Waals surface area contributed by atoms with Crippen LogP contribution in [-0.2, 0) is 30.2 Å². The molecular weight excluding hydrogens is 544 g/mol. The lowest BCUT2D eigenvalue weighted by Gasteiger charge is -2.35. The predicted octanol–water partition coefficient (Wildman–Crippen LogP) is 1.82. The van der Waals surface area contributed by atoms with Crippen LogP contribution < -0.4 is 15.5 Å². The highest BCUT2D eigenvalue weighted by Gasteiger charge is 2.44. The number of carbonyl (C=O) groups is 1. The van der Waals surface area contributed by atoms with E-state index < -0.39 is 22.0 Å². The molecule has 0 radical (unpaired) electrons. The minimum atomic E-state index is -3.80. The minimum Gasteiger partial charge on any atom is -0.376 e. The lowest BCUT2D eigenvalue weighted by molar-refractivity contribution is -0.199. The van der Waals surface area contributed by atoms with Gasteiger partial charge in [0.15, 0.2) is 0 Å². The fraction of sp³-hybridized carbons (Fsp3) is 0.500. The molecule has 0 aliphatic carbocycles. The van der Waals surface area contributed by atoms with Crippen LogP contribution in [0.4, 0.5) is 20.3 Å². The van der Waals surface area contributed by atoms with Crippen molar-refractivity contribution in [2.24, 2.45) is 5.73 Å². The smallest absolute Gasteiger partial charge is 0.301 e. The Hall–Kier alpha value is -2.42. The third kappa shape index (κ3) is 5.36. The van der Waals surface area contributed by atoms with Gasteiger partial charge in [0.2, 0.25) is 15.9 Å². The highest BCUT2D eigenvalue weighted by Crippen LogP contribution is 2.37. The highest BCUT2D eigenvalue weighted by atomic mass is 35.5. The normalized spacial score (nSPS) is 23.7. The zero-order valence-corrected chi connectivity index (χ0v) is 22.0. The Balaban J connectivity index is 1.27. The Kier molecular flexibility index (Phi) is 7.59. The van der Waals surface area contributed by atoms with Crippen LogP contribution in [0.2, 0.25) is 5.15 Å². The molecule has 2 atom stereocenters. The number of piperazine rings is 1. The number of amides is 1. The van der Waals surface area contributed by atoms with Crippen LogP contribution in [0.1, 0.15) is 12.0 Å². The predicted molar refractivity (Wildman–Crippen MR) is 136 cm³/mol. The first kappa shape index (κ1) is 27.2. The maximum absolute atomic E-state index is 15.1. The molecule has 3 aliphatic heterocycles. The average molecular weight is 572 g/mol. The number of hydrogen-bond donors (Lipinski definition) is 1. The number of halogens is 3. The second kappa shape index (κ2) is 10.6. The largest absolute Gasteiger partial charge is 0.376 e. The Labute approximate surface area is 224 Å². The Morgan fingerprint density at radius 2 is 1.79 bits per heavy atom. The first-order valence-electron chi connectivity index (χ1n) is 12.2. The summed E-state index contributed by atoms with van der Waals surface area (Å²) < 4.78 is 68.4. The SMILES string of the molecule is N[C@@H]1CC(=O)N(c2ccc(S(=O)(=O)N3CCN(c4cc(C(F)(F)[C@H]5COCCO5)cc(Cl)n4)CC3)cc2)C1. The van der Waals surface area contributed by atoms with Crippen LogP contribution in [0.15, 0.2) is 41.3 Å². The maximum atomic E-state index is 15.1. The molecule has 3 saturated heterocycles. The van der Waals surface area contributed by atoms with E-state index in [0.717, 1.165) is 6.07 Å². The van der Waals surface area contributed by atoms with Gasteiger partial charge >= 0.3 is 5.92 Å². The van der Waals surface area contributed by atoms with Gasteiger partial charge < -0.3 is 25.0 Å². The highest BCUT2D eigenvalue weighted by molar-refractivity contribution is 7.89. The van der Waals surface area contributed by atoms with Crippen LogP contribution in [0.3, 0.4) is 0 Å². The van der Waals surface area contributed by atoms with Gasteiger partial charge in [0.1, 0.15) is 17.1 Å². The average Bonchev–Trinajstić information content (AvgIpc) is 3.26. The molecule has 4 heterocycles. The molecule has 2 N–H and O–H groups in total. The number of hydrogen-bond acceptors (Lipinski definition) is 8. The zero-order chi connectivity index (χ0) is 27.1. The molecule has 14 heteroatoms. The molecular formula is C24H28ClF2N5O5S. The van der Waals surface area contributed by atoms with E-state index in [0.29, 0.717) is 12.2 Å². The fourth-order valence-electron chi connectivity index (χ4n) is 4.81. The molecule has 1 amide bonds. The standard InChI is InChI=1S/C24H28ClF2N5O5S/c25-21-11-16(24(26,27)20-15-36-9-10-37-20)12-22(29-21)30-5-7-31(8-6-30)38(34,35)19-3-1-18(2-4-19)32-14-17(28)13-23(32)33/h1-4,11-12,17,20H,5-10,13-15,28H2/t17-,20-/m1/s1. The number of nitrogens with two attached hydrogens (primary N) is 1. The number of carbonyl (C=O) groups excluding carboxylic acids is 1. The van der Waals surface area contributed by atoms with E-state index in [9.17, 15) is 13.2 Å². The van der Waals surface area contributed by atoms with Gasteiger partial charge in [-0.15, -0.1) is 0 Å². The molecule has 0 bridgehead atoms. The molecule has 38 heavy (non-hydrogen) atoms. The topological polar surface area (TPSA) is 118 Å². The minimum absolute atomic E-state index is 0.0790. The first-order chi connectivity index (χ1) is 18.1. The van der Waals surface area contributed by atoms with Crippen LogP contribution in [0.5, 0.6) is 0 Å². The fourth-order valence-corrected chi connectivity index (χ4v) is 6.44. The molecule has 206 valence electrons. The molecule has 0 unspecified atom stereocenters. The van der Waals surface area contributed by atoms with Crippen molar-refractivity contribution >= 4 is 39.0 Å². The maximum Gasteiger partial charge on any atom is 0.301 e. The van der Waals surface area contributed by atoms with Crippen molar-refractivity contribution in [3.8, 4) is 0 Å². The molecule has 3 fully saturated rings. The summed E-state index contributed by atoms with van der Waals surface area (Å²) in [6.07, 6.45) is -1.18. The van der Waals surface area contributed by atoms with E-state index in [2.05, 4.69) is 4.98 Å². The Morgan fingerprint density at radius 1 is 1.08 bits per heavy atom. The van der Waals surface area contributed by atoms with Crippen molar-refractivity contribution in [3.63, 3.8) is 0 Å². The van der Waals surface area contributed by atoms with Crippen molar-refractivity contribution in [1.29, 1.82) is 0 Å². The second-order valence-electron chi connectivity index (χ2n) is 9.45. The number of rotatable bonds is 6. The third-order valence-corrected chi connectivity index (χ3v) is 9.00. The number of ether oxygens (including phenoxy) is 2. The van der Waals surface area contributed by atoms with Gasteiger partial charge in [-0.1, -0.05) is 11.6 Å². The lowest BCUT2D eigenvalue weighted by Crippen LogP contribution is -2.49. The molecule has 3 aliphatic rings. The monoisotopic (exact) mass is 571 g/mol. The van der Waals surface area contributed by atoms with Crippen LogP contribution in [0, 0.1) is 0 Å². The number of anilines is 2. The zero-order valence-electron chi connectivity index (χ0n) is 20.4. The number of alkyl halides is 2. The summed E-state index contributed by atoms with van der Waals surface area (Å²) in [5, 5.41) is -0.0958. The first-order valence-corrected chi connectivity index (χ1v) is 14.0. The van der Waals surface area contributed by atoms with Crippen molar-refractivity contribution in [1.82, 2.24) is 9.29 Å². The summed E-state index contributed by atoms with van der Waals surface area (Å²) >= 11 is 6.09. The molecule has 0 saturated carbocycles. The van der Waals surface area contributed by atoms with Gasteiger partial charge in [0.25, 0.3) is 0 Å². The van der Waals surface area contributed by atoms with Gasteiger partial charge in [-0.05, 0) is 36.4 Å². The summed E-state index contributed by atoms with van der Waals surface area (Å²) in [7, 11) is -3.80. The van der Waals surface area contributed by atoms with E-state index in [1.807, 2.05) is 0 Å². The van der Waals surface area contributed by atoms with E-state index >= 15 is 8.78 Å². The number of sulfonamides is 1. The van der Waals surface area contributed by atoms with Gasteiger partial charge in [-0.3, -0.25) is 4.79 Å². The molecule has 1 aromatic carbocycles. The number of nitrogens with zero attached hydrogens (tertiary/aromatic N) is 4. The lowest BCUT2D eigenvalue weighted by atomic mass is 10.0. The summed E-state index contributed by atoms with van der Waals surface area (Å²) in [5.74, 6) is -3.21. The van der Waals surface area contributed by atoms with Gasteiger partial charge in [-0.25, -0.2) is 13.4 Å². The third-order valence-electron chi connectivity index (χ3n) is 6.89. The van der Waals surface area contributed by atoms with Crippen molar-refractivity contribution in [2.45, 2.75) is 29.4 Å². The van der Waals surface area contributed by atoms with E-state index in [-0.39, 0.29) is 85.8 Å². The van der Waals surface area contributed by atoms with Crippen LogP contribution >= 0.6 is 11.6 Å². The van der Waals surface area contributed by atoms with Crippen molar-refractivity contribution < 1.29 is 31.5 Å². The van der Waals surface area contributed by atoms with Crippen LogP contribution in [-0.4, -0.2) is 88.3 Å². The molecule has 0 spiro atoms. The van der Waals surface area contributed by atoms with Crippen molar-refractivity contribution in [3.05, 3.63) is 47.1 Å². The molecule has 5 rings (SSSR count). The quantitative estimate of drug-likeness (QED) is 0.522. The van der Waals surface area contributed by atoms with Crippen LogP contribution in [0.25, 0.3) is 0 Å². The number of aromatic nitrogens is 1. The molecule has 1 aromatic heterocycles. The second-order valence-corrected chi connectivity index (χ2v) is 11.8. The molecule has 10 nitrogen and oxygen atoms in total. The van der Waals surface area contributed by atoms with E-state index in [4.69, 9.17) is 26.8 Å². The van der Waals surface area contributed by atoms with Gasteiger partial charge in [0.05, 0.1) is 24.7 Å². The van der Waals surface area contributed by atoms with Crippen molar-refractivity contribution in [2.75, 3.05) is 62.3 Å². The summed E-state index contributed by atoms with van der Waals surface area (Å²) in [6, 6.07) is 8.26. The van der Waals surface area contributed by atoms with Gasteiger partial charge in [-0.2, -0.15) is 13.1 Å². The van der Waals surface area contributed by atoms with E-state index in [1.54, 1.807) is 21.9 Å². The summed E-state index contributed by atoms with van der Waals surface area (Å²) in [6.45, 7) is 1.22. The molecule has 2 aromatic rings. The summed E-state index contributed by atoms with van der Waals surface area (Å²) in [4.78, 5) is 19.7. The number of pyridine rings is 1.